The Bertz CT molecular complexity index is 1270. The standard InChI is InChI=1S/C25H27N2O2Se/c1-26(2)17-8-10-19-23(14-17)30-24-15-18(27(3)4)9-11-20(24)25(19)16-7-12-21(28-5)22(13-16)29-6/h7-15H,1-6H3/q+1. The average Bonchev–Trinajstić information content (AvgIpc) is 2.75. The van der Waals surface area contributed by atoms with E-state index in [4.69, 9.17) is 9.47 Å². The Hall–Kier alpha value is -2.75. The second-order valence-electron chi connectivity index (χ2n) is 7.70. The summed E-state index contributed by atoms with van der Waals surface area (Å²) in [5.41, 5.74) is 4.93. The third-order valence-electron chi connectivity index (χ3n) is 5.39. The van der Waals surface area contributed by atoms with Gasteiger partial charge in [-0.25, -0.2) is 0 Å². The average molecular weight is 466 g/mol. The van der Waals surface area contributed by atoms with E-state index < -0.39 is 0 Å². The molecule has 0 spiro atoms. The van der Waals surface area contributed by atoms with Gasteiger partial charge >= 0.3 is 184 Å². The quantitative estimate of drug-likeness (QED) is 0.260. The van der Waals surface area contributed by atoms with Crippen molar-refractivity contribution in [2.24, 2.45) is 0 Å². The van der Waals surface area contributed by atoms with Gasteiger partial charge in [-0.05, 0) is 0 Å². The predicted molar refractivity (Wildman–Crippen MR) is 127 cm³/mol. The topological polar surface area (TPSA) is 24.7 Å². The van der Waals surface area contributed by atoms with E-state index in [1.165, 1.54) is 36.3 Å². The molecule has 0 bridgehead atoms. The zero-order valence-corrected chi connectivity index (χ0v) is 20.0. The van der Waals surface area contributed by atoms with Gasteiger partial charge in [-0.3, -0.25) is 0 Å². The molecule has 0 aromatic heterocycles. The summed E-state index contributed by atoms with van der Waals surface area (Å²) in [6.45, 7) is 0. The van der Waals surface area contributed by atoms with Crippen LogP contribution in [0, 0.1) is 0 Å². The third-order valence-corrected chi connectivity index (χ3v) is 7.73. The van der Waals surface area contributed by atoms with Gasteiger partial charge in [-0.1, -0.05) is 0 Å². The van der Waals surface area contributed by atoms with Gasteiger partial charge in [-0.2, -0.15) is 0 Å². The molecule has 1 heterocycles. The molecule has 0 N–H and O–H groups in total. The molecule has 1 aliphatic heterocycles. The van der Waals surface area contributed by atoms with Crippen molar-refractivity contribution in [3.63, 3.8) is 0 Å². The van der Waals surface area contributed by atoms with Gasteiger partial charge in [0.15, 0.2) is 0 Å². The van der Waals surface area contributed by atoms with Gasteiger partial charge in [0.1, 0.15) is 0 Å². The number of anilines is 1. The molecule has 4 nitrogen and oxygen atoms in total. The van der Waals surface area contributed by atoms with E-state index in [2.05, 4.69) is 86.2 Å². The first-order valence-electron chi connectivity index (χ1n) is 9.83. The van der Waals surface area contributed by atoms with Gasteiger partial charge in [-0.15, -0.1) is 0 Å². The zero-order chi connectivity index (χ0) is 21.4. The number of rotatable bonds is 4. The fourth-order valence-corrected chi connectivity index (χ4v) is 6.15. The Balaban J connectivity index is 2.11. The number of hydrogen-bond acceptors (Lipinski definition) is 3. The molecular formula is C25H27N2O2Se+. The maximum absolute atomic E-state index is 5.60. The molecular weight excluding hydrogens is 439 g/mol. The molecule has 0 amide bonds. The summed E-state index contributed by atoms with van der Waals surface area (Å²) >= 11 is 0.239. The van der Waals surface area contributed by atoms with Crippen LogP contribution in [0.2, 0.25) is 0 Å². The third kappa shape index (κ3) is 3.60. The minimum atomic E-state index is 0.239. The van der Waals surface area contributed by atoms with Crippen LogP contribution in [0.3, 0.4) is 0 Å². The Morgan fingerprint density at radius 3 is 2.27 bits per heavy atom. The van der Waals surface area contributed by atoms with E-state index in [0.29, 0.717) is 0 Å². The first kappa shape index (κ1) is 20.5. The first-order chi connectivity index (χ1) is 14.4. The SMILES string of the molecule is COc1ccc(-c2c3ccc(=[N+](C)C)cc-3[se]c3cc(N(C)C)ccc23)cc1OC. The molecule has 0 saturated heterocycles. The summed E-state index contributed by atoms with van der Waals surface area (Å²) in [4.78, 5) is 2.16. The number of ether oxygens (including phenoxy) is 2. The second kappa shape index (κ2) is 8.17. The zero-order valence-electron chi connectivity index (χ0n) is 18.3. The molecule has 0 saturated carbocycles. The number of fused-ring (bicyclic) bond motifs is 2. The van der Waals surface area contributed by atoms with E-state index in [1.807, 2.05) is 6.07 Å². The summed E-state index contributed by atoms with van der Waals surface area (Å²) < 4.78 is 16.0. The molecule has 0 unspecified atom stereocenters. The van der Waals surface area contributed by atoms with Gasteiger partial charge in [0, 0.05) is 0 Å². The molecule has 0 fully saturated rings. The van der Waals surface area contributed by atoms with Gasteiger partial charge < -0.3 is 0 Å². The molecule has 2 aromatic carbocycles. The number of methoxy groups -OCH3 is 2. The fourth-order valence-electron chi connectivity index (χ4n) is 3.73. The second-order valence-corrected chi connectivity index (χ2v) is 9.97. The van der Waals surface area contributed by atoms with Gasteiger partial charge in [0.05, 0.1) is 0 Å². The van der Waals surface area contributed by atoms with Crippen LogP contribution in [0.15, 0.2) is 54.6 Å². The van der Waals surface area contributed by atoms with E-state index in [0.717, 1.165) is 17.1 Å². The monoisotopic (exact) mass is 467 g/mol. The summed E-state index contributed by atoms with van der Waals surface area (Å²) in [5, 5.41) is 2.53. The number of hydrogen-bond donors (Lipinski definition) is 0. The Morgan fingerprint density at radius 1 is 0.833 bits per heavy atom. The van der Waals surface area contributed by atoms with Crippen LogP contribution in [0.4, 0.5) is 5.69 Å². The number of benzene rings is 3. The molecule has 154 valence electrons. The molecule has 1 aliphatic carbocycles. The summed E-state index contributed by atoms with van der Waals surface area (Å²) in [6.07, 6.45) is 0. The van der Waals surface area contributed by atoms with Crippen molar-refractivity contribution >= 4 is 29.8 Å². The number of nitrogens with zero attached hydrogens (tertiary/aromatic N) is 2. The van der Waals surface area contributed by atoms with E-state index in [9.17, 15) is 0 Å². The summed E-state index contributed by atoms with van der Waals surface area (Å²) in [7, 11) is 11.7. The van der Waals surface area contributed by atoms with Crippen molar-refractivity contribution < 1.29 is 9.47 Å². The van der Waals surface area contributed by atoms with E-state index >= 15 is 0 Å². The molecule has 5 heteroatoms. The molecule has 4 rings (SSSR count). The van der Waals surface area contributed by atoms with E-state index in [-0.39, 0.29) is 14.5 Å². The molecule has 2 aliphatic rings. The first-order valence-corrected chi connectivity index (χ1v) is 11.5. The predicted octanol–water partition coefficient (Wildman–Crippen LogP) is 3.78. The van der Waals surface area contributed by atoms with Crippen LogP contribution in [-0.4, -0.2) is 56.9 Å². The van der Waals surface area contributed by atoms with Crippen LogP contribution in [0.1, 0.15) is 0 Å². The Labute approximate surface area is 183 Å². The van der Waals surface area contributed by atoms with Crippen molar-refractivity contribution in [2.45, 2.75) is 0 Å². The van der Waals surface area contributed by atoms with Crippen molar-refractivity contribution in [2.75, 3.05) is 47.3 Å². The minimum absolute atomic E-state index is 0.239. The summed E-state index contributed by atoms with van der Waals surface area (Å²) in [5.74, 6) is 1.49. The van der Waals surface area contributed by atoms with Gasteiger partial charge in [0.2, 0.25) is 0 Å². The van der Waals surface area contributed by atoms with Crippen LogP contribution >= 0.6 is 0 Å². The van der Waals surface area contributed by atoms with Crippen molar-refractivity contribution in [3.05, 3.63) is 60.0 Å². The van der Waals surface area contributed by atoms with Crippen molar-refractivity contribution in [1.82, 2.24) is 4.58 Å². The van der Waals surface area contributed by atoms with Crippen molar-refractivity contribution in [3.8, 4) is 32.6 Å². The van der Waals surface area contributed by atoms with Crippen LogP contribution < -0.4 is 24.3 Å². The van der Waals surface area contributed by atoms with Crippen molar-refractivity contribution in [1.29, 1.82) is 0 Å². The fraction of sp³-hybridized carbons (Fsp3) is 0.240. The van der Waals surface area contributed by atoms with Crippen LogP contribution in [0.25, 0.3) is 30.8 Å². The molecule has 0 atom stereocenters. The van der Waals surface area contributed by atoms with Crippen LogP contribution in [0.5, 0.6) is 11.5 Å². The molecule has 30 heavy (non-hydrogen) atoms. The Morgan fingerprint density at radius 2 is 1.60 bits per heavy atom. The van der Waals surface area contributed by atoms with Crippen LogP contribution in [-0.2, 0) is 0 Å². The van der Waals surface area contributed by atoms with E-state index in [1.54, 1.807) is 14.2 Å². The molecule has 0 radical (unpaired) electrons. The Kier molecular flexibility index (Phi) is 5.59. The molecule has 2 aromatic rings. The van der Waals surface area contributed by atoms with Gasteiger partial charge in [0.25, 0.3) is 0 Å². The summed E-state index contributed by atoms with van der Waals surface area (Å²) in [6, 6.07) is 19.8. The normalized spacial score (nSPS) is 11.0. The maximum atomic E-state index is 5.60.